The summed E-state index contributed by atoms with van der Waals surface area (Å²) < 4.78 is 5.79. The fourth-order valence-electron chi connectivity index (χ4n) is 3.63. The molecule has 4 rings (SSSR count). The summed E-state index contributed by atoms with van der Waals surface area (Å²) in [5.41, 5.74) is 2.65. The monoisotopic (exact) mass is 355 g/mol. The molecule has 0 saturated heterocycles. The minimum Gasteiger partial charge on any atom is -0.416 e. The molecule has 0 bridgehead atoms. The molecule has 0 unspecified atom stereocenters. The molecule has 0 radical (unpaired) electrons. The number of ketones is 1. The molecule has 130 valence electrons. The lowest BCUT2D eigenvalue weighted by atomic mass is 9.89. The lowest BCUT2D eigenvalue weighted by Gasteiger charge is -2.17. The van der Waals surface area contributed by atoms with E-state index in [-0.39, 0.29) is 5.78 Å². The van der Waals surface area contributed by atoms with E-state index in [9.17, 15) is 4.79 Å². The van der Waals surface area contributed by atoms with Crippen LogP contribution in [0.1, 0.15) is 60.0 Å². The average Bonchev–Trinajstić information content (AvgIpc) is 3.24. The Morgan fingerprint density at radius 3 is 2.88 bits per heavy atom. The van der Waals surface area contributed by atoms with Gasteiger partial charge in [-0.2, -0.15) is 0 Å². The first-order chi connectivity index (χ1) is 12.2. The molecule has 1 N–H and O–H groups in total. The van der Waals surface area contributed by atoms with Crippen molar-refractivity contribution in [2.75, 3.05) is 5.75 Å². The van der Waals surface area contributed by atoms with E-state index in [0.717, 1.165) is 40.9 Å². The molecule has 1 aromatic carbocycles. The Kier molecular flexibility index (Phi) is 4.61. The van der Waals surface area contributed by atoms with Gasteiger partial charge in [0.2, 0.25) is 5.89 Å². The third kappa shape index (κ3) is 3.35. The Morgan fingerprint density at radius 1 is 1.24 bits per heavy atom. The highest BCUT2D eigenvalue weighted by molar-refractivity contribution is 7.99. The van der Waals surface area contributed by atoms with E-state index in [2.05, 4.69) is 15.2 Å². The van der Waals surface area contributed by atoms with E-state index in [1.807, 2.05) is 31.2 Å². The van der Waals surface area contributed by atoms with Gasteiger partial charge in [0.15, 0.2) is 5.78 Å². The van der Waals surface area contributed by atoms with Crippen molar-refractivity contribution in [3.05, 3.63) is 41.4 Å². The van der Waals surface area contributed by atoms with Gasteiger partial charge in [-0.05, 0) is 25.8 Å². The number of aromatic nitrogens is 3. The zero-order chi connectivity index (χ0) is 17.2. The first-order valence-corrected chi connectivity index (χ1v) is 9.77. The molecule has 3 aromatic rings. The Morgan fingerprint density at radius 2 is 2.04 bits per heavy atom. The zero-order valence-corrected chi connectivity index (χ0v) is 15.1. The highest BCUT2D eigenvalue weighted by atomic mass is 32.2. The molecular formula is C19H21N3O2S. The lowest BCUT2D eigenvalue weighted by molar-refractivity contribution is 0.102. The lowest BCUT2D eigenvalue weighted by Crippen LogP contribution is -2.04. The molecule has 5 nitrogen and oxygen atoms in total. The summed E-state index contributed by atoms with van der Waals surface area (Å²) in [6.07, 6.45) is 6.01. The van der Waals surface area contributed by atoms with Crippen LogP contribution in [0.3, 0.4) is 0 Å². The van der Waals surface area contributed by atoms with Gasteiger partial charge in [0.1, 0.15) is 0 Å². The molecule has 0 spiro atoms. The van der Waals surface area contributed by atoms with Crippen molar-refractivity contribution >= 4 is 28.4 Å². The van der Waals surface area contributed by atoms with Crippen LogP contribution in [0.5, 0.6) is 0 Å². The van der Waals surface area contributed by atoms with Gasteiger partial charge < -0.3 is 9.40 Å². The number of hydrogen-bond donors (Lipinski definition) is 1. The number of thioether (sulfide) groups is 1. The van der Waals surface area contributed by atoms with Gasteiger partial charge >= 0.3 is 0 Å². The second-order valence-electron chi connectivity index (χ2n) is 6.62. The maximum absolute atomic E-state index is 12.7. The molecule has 2 aromatic heterocycles. The van der Waals surface area contributed by atoms with E-state index in [0.29, 0.717) is 16.9 Å². The van der Waals surface area contributed by atoms with Crippen molar-refractivity contribution in [1.82, 2.24) is 15.2 Å². The zero-order valence-electron chi connectivity index (χ0n) is 14.2. The molecule has 2 heterocycles. The molecule has 1 saturated carbocycles. The smallest absolute Gasteiger partial charge is 0.277 e. The molecule has 25 heavy (non-hydrogen) atoms. The van der Waals surface area contributed by atoms with Crippen LogP contribution in [-0.2, 0) is 0 Å². The summed E-state index contributed by atoms with van der Waals surface area (Å²) in [7, 11) is 0. The number of aromatic amines is 1. The molecule has 0 amide bonds. The van der Waals surface area contributed by atoms with Crippen molar-refractivity contribution in [1.29, 1.82) is 0 Å². The molecule has 1 fully saturated rings. The fraction of sp³-hybridized carbons (Fsp3) is 0.421. The SMILES string of the molecule is Cc1[nH]c2ccccc2c1C(=O)CSc1nnc(C2CCCCC2)o1. The van der Waals surface area contributed by atoms with Crippen LogP contribution in [0.15, 0.2) is 33.9 Å². The molecule has 0 aliphatic heterocycles. The summed E-state index contributed by atoms with van der Waals surface area (Å²) in [5, 5.41) is 9.77. The minimum atomic E-state index is 0.0809. The molecule has 6 heteroatoms. The van der Waals surface area contributed by atoms with Crippen LogP contribution in [0, 0.1) is 6.92 Å². The van der Waals surface area contributed by atoms with E-state index >= 15 is 0 Å². The maximum atomic E-state index is 12.7. The maximum Gasteiger partial charge on any atom is 0.277 e. The Balaban J connectivity index is 1.45. The van der Waals surface area contributed by atoms with Crippen LogP contribution in [-0.4, -0.2) is 26.7 Å². The third-order valence-electron chi connectivity index (χ3n) is 4.88. The number of carbonyl (C=O) groups excluding carboxylic acids is 1. The summed E-state index contributed by atoms with van der Waals surface area (Å²) in [6, 6.07) is 7.88. The highest BCUT2D eigenvalue weighted by Crippen LogP contribution is 2.33. The fourth-order valence-corrected chi connectivity index (χ4v) is 4.27. The molecule has 1 aliphatic carbocycles. The number of hydrogen-bond acceptors (Lipinski definition) is 5. The largest absolute Gasteiger partial charge is 0.416 e. The van der Waals surface area contributed by atoms with Gasteiger partial charge in [-0.1, -0.05) is 49.2 Å². The number of para-hydroxylation sites is 1. The normalized spacial score (nSPS) is 15.7. The van der Waals surface area contributed by atoms with Crippen LogP contribution < -0.4 is 0 Å². The van der Waals surface area contributed by atoms with Crippen LogP contribution in [0.25, 0.3) is 10.9 Å². The quantitative estimate of drug-likeness (QED) is 0.521. The van der Waals surface area contributed by atoms with Crippen molar-refractivity contribution in [2.24, 2.45) is 0 Å². The second-order valence-corrected chi connectivity index (χ2v) is 7.55. The van der Waals surface area contributed by atoms with Crippen molar-refractivity contribution in [3.8, 4) is 0 Å². The Labute approximate surface area is 150 Å². The van der Waals surface area contributed by atoms with Gasteiger partial charge in [0.25, 0.3) is 5.22 Å². The third-order valence-corrected chi connectivity index (χ3v) is 5.69. The second kappa shape index (κ2) is 7.04. The number of H-pyrrole nitrogens is 1. The van der Waals surface area contributed by atoms with E-state index in [4.69, 9.17) is 4.42 Å². The highest BCUT2D eigenvalue weighted by Gasteiger charge is 2.22. The molecule has 0 atom stereocenters. The van der Waals surface area contributed by atoms with Gasteiger partial charge in [-0.25, -0.2) is 0 Å². The van der Waals surface area contributed by atoms with E-state index in [1.165, 1.54) is 31.0 Å². The number of nitrogens with zero attached hydrogens (tertiary/aromatic N) is 2. The molecule has 1 aliphatic rings. The van der Waals surface area contributed by atoms with E-state index in [1.54, 1.807) is 0 Å². The van der Waals surface area contributed by atoms with E-state index < -0.39 is 0 Å². The minimum absolute atomic E-state index is 0.0809. The Bertz CT molecular complexity index is 893. The number of Topliss-reactive ketones (excluding diaryl/α,β-unsaturated/α-hetero) is 1. The summed E-state index contributed by atoms with van der Waals surface area (Å²) in [5.74, 6) is 1.51. The van der Waals surface area contributed by atoms with Crippen LogP contribution in [0.2, 0.25) is 0 Å². The first kappa shape index (κ1) is 16.4. The summed E-state index contributed by atoms with van der Waals surface area (Å²) in [6.45, 7) is 1.94. The van der Waals surface area contributed by atoms with Crippen molar-refractivity contribution in [3.63, 3.8) is 0 Å². The summed E-state index contributed by atoms with van der Waals surface area (Å²) in [4.78, 5) is 16.0. The predicted octanol–water partition coefficient (Wildman–Crippen LogP) is 4.88. The first-order valence-electron chi connectivity index (χ1n) is 8.79. The number of fused-ring (bicyclic) bond motifs is 1. The van der Waals surface area contributed by atoms with Gasteiger partial charge in [-0.15, -0.1) is 10.2 Å². The number of rotatable bonds is 5. The topological polar surface area (TPSA) is 71.8 Å². The number of aryl methyl sites for hydroxylation is 1. The van der Waals surface area contributed by atoms with Crippen molar-refractivity contribution in [2.45, 2.75) is 50.2 Å². The van der Waals surface area contributed by atoms with Crippen LogP contribution >= 0.6 is 11.8 Å². The Hall–Kier alpha value is -2.08. The standard InChI is InChI=1S/C19H21N3O2S/c1-12-17(14-9-5-6-10-15(14)20-12)16(23)11-25-19-22-21-18(24-19)13-7-3-2-4-8-13/h5-6,9-10,13,20H,2-4,7-8,11H2,1H3. The number of benzene rings is 1. The predicted molar refractivity (Wildman–Crippen MR) is 98.2 cm³/mol. The molecular weight excluding hydrogens is 334 g/mol. The summed E-state index contributed by atoms with van der Waals surface area (Å²) >= 11 is 1.33. The number of carbonyl (C=O) groups is 1. The van der Waals surface area contributed by atoms with Gasteiger partial charge in [-0.3, -0.25) is 4.79 Å². The average molecular weight is 355 g/mol. The van der Waals surface area contributed by atoms with Crippen molar-refractivity contribution < 1.29 is 9.21 Å². The van der Waals surface area contributed by atoms with Gasteiger partial charge in [0, 0.05) is 28.1 Å². The van der Waals surface area contributed by atoms with Crippen LogP contribution in [0.4, 0.5) is 0 Å². The van der Waals surface area contributed by atoms with Gasteiger partial charge in [0.05, 0.1) is 5.75 Å². The number of nitrogens with one attached hydrogen (secondary N) is 1.